The average molecular weight is 481 g/mol. The Bertz CT molecular complexity index is 1230. The highest BCUT2D eigenvalue weighted by Crippen LogP contribution is 2.32. The third kappa shape index (κ3) is 5.92. The molecular weight excluding hydrogens is 452 g/mol. The van der Waals surface area contributed by atoms with Gasteiger partial charge in [0, 0.05) is 17.2 Å². The molecule has 0 spiro atoms. The van der Waals surface area contributed by atoms with Gasteiger partial charge >= 0.3 is 5.97 Å². The molecule has 0 bridgehead atoms. The smallest absolute Gasteiger partial charge is 0.326 e. The highest BCUT2D eigenvalue weighted by Gasteiger charge is 2.30. The normalized spacial score (nSPS) is 15.0. The van der Waals surface area contributed by atoms with Crippen LogP contribution in [0.3, 0.4) is 0 Å². The Balaban J connectivity index is 1.46. The van der Waals surface area contributed by atoms with Gasteiger partial charge in [-0.15, -0.1) is 0 Å². The summed E-state index contributed by atoms with van der Waals surface area (Å²) in [5.41, 5.74) is 1.19. The zero-order valence-electron chi connectivity index (χ0n) is 19.7. The van der Waals surface area contributed by atoms with Crippen LogP contribution in [0.1, 0.15) is 61.2 Å². The number of carbonyl (C=O) groups excluding carboxylic acids is 2. The van der Waals surface area contributed by atoms with Gasteiger partial charge in [-0.25, -0.2) is 14.8 Å². The Kier molecular flexibility index (Phi) is 6.94. The summed E-state index contributed by atoms with van der Waals surface area (Å²) in [5.74, 6) is -0.911. The lowest BCUT2D eigenvalue weighted by molar-refractivity contribution is -0.139. The Morgan fingerprint density at radius 3 is 2.57 bits per heavy atom. The average Bonchev–Trinajstić information content (AvgIpc) is 3.34. The van der Waals surface area contributed by atoms with Crippen LogP contribution in [0.25, 0.3) is 22.8 Å². The number of carboxylic acids is 1. The van der Waals surface area contributed by atoms with Gasteiger partial charge in [0.05, 0.1) is 6.20 Å². The Hall–Kier alpha value is -4.02. The van der Waals surface area contributed by atoms with Crippen LogP contribution in [-0.2, 0) is 4.79 Å². The number of rotatable bonds is 10. The third-order valence-corrected chi connectivity index (χ3v) is 5.80. The van der Waals surface area contributed by atoms with E-state index in [1.165, 1.54) is 6.20 Å². The number of hydrogen-bond donors (Lipinski definition) is 4. The quantitative estimate of drug-likeness (QED) is 0.344. The van der Waals surface area contributed by atoms with Crippen molar-refractivity contribution in [1.29, 1.82) is 0 Å². The molecule has 4 rings (SSSR count). The SMILES string of the molecule is CC(C)CC(NC(=O)c1cnc(-c2cccc(-c3n[nH]c(C(=O)N[C@@H](C)C4CC4)n3)c2)o1)C(=O)O. The number of nitrogens with zero attached hydrogens (tertiary/aromatic N) is 3. The number of oxazole rings is 1. The van der Waals surface area contributed by atoms with Crippen LogP contribution < -0.4 is 10.6 Å². The molecule has 1 fully saturated rings. The number of carboxylic acid groups (broad SMARTS) is 1. The van der Waals surface area contributed by atoms with E-state index in [0.29, 0.717) is 29.3 Å². The topological polar surface area (TPSA) is 163 Å². The van der Waals surface area contributed by atoms with Crippen molar-refractivity contribution in [2.75, 3.05) is 0 Å². The summed E-state index contributed by atoms with van der Waals surface area (Å²) in [5, 5.41) is 21.6. The Morgan fingerprint density at radius 2 is 1.89 bits per heavy atom. The van der Waals surface area contributed by atoms with Gasteiger partial charge in [0.15, 0.2) is 5.82 Å². The molecule has 2 amide bonds. The van der Waals surface area contributed by atoms with E-state index >= 15 is 0 Å². The minimum Gasteiger partial charge on any atom is -0.480 e. The van der Waals surface area contributed by atoms with E-state index in [9.17, 15) is 19.5 Å². The second kappa shape index (κ2) is 10.1. The first kappa shape index (κ1) is 24.1. The fourth-order valence-corrected chi connectivity index (χ4v) is 3.71. The number of aromatic amines is 1. The van der Waals surface area contributed by atoms with E-state index in [-0.39, 0.29) is 35.3 Å². The van der Waals surface area contributed by atoms with E-state index in [4.69, 9.17) is 4.42 Å². The molecule has 2 aromatic heterocycles. The maximum atomic E-state index is 12.5. The first-order valence-electron chi connectivity index (χ1n) is 11.5. The fourth-order valence-electron chi connectivity index (χ4n) is 3.71. The fraction of sp³-hybridized carbons (Fsp3) is 0.417. The van der Waals surface area contributed by atoms with Gasteiger partial charge in [0.25, 0.3) is 11.8 Å². The predicted molar refractivity (Wildman–Crippen MR) is 125 cm³/mol. The Morgan fingerprint density at radius 1 is 1.14 bits per heavy atom. The lowest BCUT2D eigenvalue weighted by Crippen LogP contribution is -2.41. The van der Waals surface area contributed by atoms with Crippen LogP contribution >= 0.6 is 0 Å². The summed E-state index contributed by atoms with van der Waals surface area (Å²) in [6.45, 7) is 5.73. The number of benzene rings is 1. The van der Waals surface area contributed by atoms with Crippen LogP contribution in [-0.4, -0.2) is 55.1 Å². The highest BCUT2D eigenvalue weighted by atomic mass is 16.4. The van der Waals surface area contributed by atoms with Crippen molar-refractivity contribution in [1.82, 2.24) is 30.8 Å². The predicted octanol–water partition coefficient (Wildman–Crippen LogP) is 2.88. The summed E-state index contributed by atoms with van der Waals surface area (Å²) < 4.78 is 5.59. The van der Waals surface area contributed by atoms with Crippen molar-refractivity contribution in [2.45, 2.75) is 52.1 Å². The zero-order chi connectivity index (χ0) is 25.1. The molecule has 184 valence electrons. The largest absolute Gasteiger partial charge is 0.480 e. The van der Waals surface area contributed by atoms with Crippen LogP contribution in [0.2, 0.25) is 0 Å². The molecule has 1 aliphatic rings. The molecule has 11 heteroatoms. The maximum Gasteiger partial charge on any atom is 0.326 e. The molecule has 3 aromatic rings. The number of H-pyrrole nitrogens is 1. The van der Waals surface area contributed by atoms with Gasteiger partial charge in [-0.2, -0.15) is 5.10 Å². The molecule has 1 unspecified atom stereocenters. The molecule has 35 heavy (non-hydrogen) atoms. The number of amides is 2. The Labute approximate surface area is 201 Å². The van der Waals surface area contributed by atoms with Gasteiger partial charge in [-0.05, 0) is 50.2 Å². The lowest BCUT2D eigenvalue weighted by atomic mass is 10.0. The number of nitrogens with one attached hydrogen (secondary N) is 3. The summed E-state index contributed by atoms with van der Waals surface area (Å²) in [6, 6.07) is 6.07. The summed E-state index contributed by atoms with van der Waals surface area (Å²) in [7, 11) is 0. The van der Waals surface area contributed by atoms with E-state index in [2.05, 4.69) is 30.8 Å². The van der Waals surface area contributed by atoms with Crippen molar-refractivity contribution in [3.05, 3.63) is 42.0 Å². The molecule has 0 saturated heterocycles. The first-order valence-corrected chi connectivity index (χ1v) is 11.5. The monoisotopic (exact) mass is 480 g/mol. The summed E-state index contributed by atoms with van der Waals surface area (Å²) in [6.07, 6.45) is 3.79. The lowest BCUT2D eigenvalue weighted by Gasteiger charge is -2.15. The standard InChI is InChI=1S/C24H28N6O5/c1-12(2)9-17(24(33)34)27-21(31)18-11-25-23(35-18)16-6-4-5-15(10-16)19-28-20(30-29-19)22(32)26-13(3)14-7-8-14/h4-6,10-14,17H,7-9H2,1-3H3,(H,26,32)(H,27,31)(H,33,34)(H,28,29,30)/t13-,17?/m0/s1. The first-order chi connectivity index (χ1) is 16.7. The van der Waals surface area contributed by atoms with Gasteiger partial charge in [-0.1, -0.05) is 26.0 Å². The van der Waals surface area contributed by atoms with Crippen molar-refractivity contribution in [3.63, 3.8) is 0 Å². The van der Waals surface area contributed by atoms with Crippen molar-refractivity contribution < 1.29 is 23.9 Å². The van der Waals surface area contributed by atoms with Crippen molar-refractivity contribution in [3.8, 4) is 22.8 Å². The zero-order valence-corrected chi connectivity index (χ0v) is 19.7. The molecular formula is C24H28N6O5. The summed E-state index contributed by atoms with van der Waals surface area (Å²) >= 11 is 0. The molecule has 4 N–H and O–H groups in total. The number of hydrogen-bond acceptors (Lipinski definition) is 7. The number of aliphatic carboxylic acids is 1. The van der Waals surface area contributed by atoms with Crippen LogP contribution in [0.15, 0.2) is 34.9 Å². The van der Waals surface area contributed by atoms with Crippen LogP contribution in [0.4, 0.5) is 0 Å². The van der Waals surface area contributed by atoms with Gasteiger partial charge in [0.2, 0.25) is 17.5 Å². The van der Waals surface area contributed by atoms with Crippen molar-refractivity contribution >= 4 is 17.8 Å². The van der Waals surface area contributed by atoms with Crippen LogP contribution in [0, 0.1) is 11.8 Å². The van der Waals surface area contributed by atoms with Gasteiger partial charge in [0.1, 0.15) is 6.04 Å². The molecule has 11 nitrogen and oxygen atoms in total. The number of aromatic nitrogens is 4. The number of carbonyl (C=O) groups is 3. The molecule has 0 radical (unpaired) electrons. The summed E-state index contributed by atoms with van der Waals surface area (Å²) in [4.78, 5) is 44.8. The highest BCUT2D eigenvalue weighted by molar-refractivity contribution is 5.94. The van der Waals surface area contributed by atoms with E-state index in [1.54, 1.807) is 24.3 Å². The second-order valence-electron chi connectivity index (χ2n) is 9.21. The molecule has 1 aliphatic carbocycles. The van der Waals surface area contributed by atoms with Gasteiger partial charge in [-0.3, -0.25) is 14.7 Å². The second-order valence-corrected chi connectivity index (χ2v) is 9.21. The van der Waals surface area contributed by atoms with E-state index in [1.807, 2.05) is 20.8 Å². The molecule has 2 heterocycles. The maximum absolute atomic E-state index is 12.5. The minimum absolute atomic E-state index is 0.0898. The van der Waals surface area contributed by atoms with E-state index < -0.39 is 17.9 Å². The molecule has 1 aromatic carbocycles. The molecule has 1 saturated carbocycles. The van der Waals surface area contributed by atoms with Crippen LogP contribution in [0.5, 0.6) is 0 Å². The van der Waals surface area contributed by atoms with Crippen molar-refractivity contribution in [2.24, 2.45) is 11.8 Å². The molecule has 0 aliphatic heterocycles. The molecule has 2 atom stereocenters. The third-order valence-electron chi connectivity index (χ3n) is 5.80. The van der Waals surface area contributed by atoms with Gasteiger partial charge < -0.3 is 20.2 Å². The minimum atomic E-state index is -1.11. The van der Waals surface area contributed by atoms with E-state index in [0.717, 1.165) is 12.8 Å².